The summed E-state index contributed by atoms with van der Waals surface area (Å²) in [5.74, 6) is 0.220. The molecule has 2 rings (SSSR count). The second kappa shape index (κ2) is 9.05. The zero-order chi connectivity index (χ0) is 20.2. The van der Waals surface area contributed by atoms with Crippen LogP contribution < -0.4 is 10.1 Å². The zero-order valence-corrected chi connectivity index (χ0v) is 18.3. The van der Waals surface area contributed by atoms with Crippen molar-refractivity contribution in [3.05, 3.63) is 51.5 Å². The molecule has 0 heterocycles. The molecule has 27 heavy (non-hydrogen) atoms. The number of halogens is 2. The second-order valence-electron chi connectivity index (χ2n) is 5.54. The van der Waals surface area contributed by atoms with Crippen LogP contribution in [0.25, 0.3) is 0 Å². The first kappa shape index (κ1) is 21.7. The molecule has 1 N–H and O–H groups in total. The van der Waals surface area contributed by atoms with Crippen molar-refractivity contribution >= 4 is 49.1 Å². The standard InChI is InChI=1S/C18H20BrClN2O4S/c1-4-22(5-2)27(24,25)17-11-13(7-8-15(17)20)21-18(23)12-6-9-16(26-3)14(19)10-12/h6-11H,4-5H2,1-3H3,(H,21,23). The first-order valence-corrected chi connectivity index (χ1v) is 10.8. The highest BCUT2D eigenvalue weighted by atomic mass is 79.9. The highest BCUT2D eigenvalue weighted by Crippen LogP contribution is 2.29. The smallest absolute Gasteiger partial charge is 0.255 e. The quantitative estimate of drug-likeness (QED) is 0.644. The lowest BCUT2D eigenvalue weighted by molar-refractivity contribution is 0.102. The third-order valence-corrected chi connectivity index (χ3v) is 7.08. The largest absolute Gasteiger partial charge is 0.496 e. The first-order valence-electron chi connectivity index (χ1n) is 8.19. The van der Waals surface area contributed by atoms with Crippen molar-refractivity contribution in [1.82, 2.24) is 4.31 Å². The van der Waals surface area contributed by atoms with E-state index in [9.17, 15) is 13.2 Å². The van der Waals surface area contributed by atoms with Gasteiger partial charge in [-0.25, -0.2) is 8.42 Å². The van der Waals surface area contributed by atoms with E-state index in [1.165, 1.54) is 23.5 Å². The summed E-state index contributed by atoms with van der Waals surface area (Å²) in [5.41, 5.74) is 0.729. The van der Waals surface area contributed by atoms with Crippen LogP contribution in [-0.4, -0.2) is 38.8 Å². The van der Waals surface area contributed by atoms with E-state index in [2.05, 4.69) is 21.2 Å². The van der Waals surface area contributed by atoms with Gasteiger partial charge in [0.05, 0.1) is 16.6 Å². The lowest BCUT2D eigenvalue weighted by Crippen LogP contribution is -2.30. The molecule has 0 spiro atoms. The van der Waals surface area contributed by atoms with Gasteiger partial charge in [0.25, 0.3) is 5.91 Å². The number of hydrogen-bond acceptors (Lipinski definition) is 4. The van der Waals surface area contributed by atoms with Crippen molar-refractivity contribution in [2.45, 2.75) is 18.7 Å². The number of sulfonamides is 1. The van der Waals surface area contributed by atoms with Gasteiger partial charge in [-0.3, -0.25) is 4.79 Å². The Morgan fingerprint density at radius 2 is 1.85 bits per heavy atom. The summed E-state index contributed by atoms with van der Waals surface area (Å²) in [4.78, 5) is 12.5. The van der Waals surface area contributed by atoms with E-state index in [1.54, 1.807) is 38.1 Å². The summed E-state index contributed by atoms with van der Waals surface area (Å²) in [5, 5.41) is 2.80. The van der Waals surface area contributed by atoms with Crippen molar-refractivity contribution in [3.8, 4) is 5.75 Å². The Kier molecular flexibility index (Phi) is 7.27. The van der Waals surface area contributed by atoms with Crippen LogP contribution in [0.3, 0.4) is 0 Å². The molecule has 0 saturated heterocycles. The van der Waals surface area contributed by atoms with Crippen LogP contribution in [0.1, 0.15) is 24.2 Å². The van der Waals surface area contributed by atoms with Gasteiger partial charge >= 0.3 is 0 Å². The monoisotopic (exact) mass is 474 g/mol. The minimum atomic E-state index is -3.74. The fraction of sp³-hybridized carbons (Fsp3) is 0.278. The number of nitrogens with zero attached hydrogens (tertiary/aromatic N) is 1. The Labute approximate surface area is 172 Å². The Hall–Kier alpha value is -1.61. The van der Waals surface area contributed by atoms with Crippen LogP contribution in [0.4, 0.5) is 5.69 Å². The molecule has 0 aromatic heterocycles. The third-order valence-electron chi connectivity index (χ3n) is 3.93. The fourth-order valence-electron chi connectivity index (χ4n) is 2.49. The Morgan fingerprint density at radius 3 is 2.41 bits per heavy atom. The average Bonchev–Trinajstić information content (AvgIpc) is 2.63. The average molecular weight is 476 g/mol. The molecule has 0 aliphatic rings. The second-order valence-corrected chi connectivity index (χ2v) is 8.71. The number of nitrogens with one attached hydrogen (secondary N) is 1. The zero-order valence-electron chi connectivity index (χ0n) is 15.1. The number of amides is 1. The van der Waals surface area contributed by atoms with Crippen molar-refractivity contribution in [1.29, 1.82) is 0 Å². The van der Waals surface area contributed by atoms with Crippen molar-refractivity contribution in [2.24, 2.45) is 0 Å². The highest BCUT2D eigenvalue weighted by Gasteiger charge is 2.25. The van der Waals surface area contributed by atoms with E-state index in [4.69, 9.17) is 16.3 Å². The molecule has 6 nitrogen and oxygen atoms in total. The topological polar surface area (TPSA) is 75.7 Å². The normalized spacial score (nSPS) is 11.5. The summed E-state index contributed by atoms with van der Waals surface area (Å²) in [6.07, 6.45) is 0. The predicted molar refractivity (Wildman–Crippen MR) is 110 cm³/mol. The molecule has 0 saturated carbocycles. The molecule has 0 aliphatic heterocycles. The molecule has 0 fully saturated rings. The maximum atomic E-state index is 12.7. The minimum Gasteiger partial charge on any atom is -0.496 e. The Balaban J connectivity index is 2.33. The maximum absolute atomic E-state index is 12.7. The summed E-state index contributed by atoms with van der Waals surface area (Å²) in [6.45, 7) is 4.15. The first-order chi connectivity index (χ1) is 12.7. The molecule has 0 unspecified atom stereocenters. The number of ether oxygens (including phenoxy) is 1. The molecule has 0 aliphatic carbocycles. The summed E-state index contributed by atoms with van der Waals surface area (Å²) in [6, 6.07) is 9.28. The molecule has 2 aromatic rings. The van der Waals surface area contributed by atoms with Gasteiger partial charge in [-0.1, -0.05) is 25.4 Å². The van der Waals surface area contributed by atoms with Crippen LogP contribution in [-0.2, 0) is 10.0 Å². The minimum absolute atomic E-state index is 0.0402. The van der Waals surface area contributed by atoms with E-state index in [1.807, 2.05) is 0 Å². The molecule has 1 amide bonds. The summed E-state index contributed by atoms with van der Waals surface area (Å²) < 4.78 is 32.6. The van der Waals surface area contributed by atoms with Crippen molar-refractivity contribution < 1.29 is 17.9 Å². The number of hydrogen-bond donors (Lipinski definition) is 1. The number of carbonyl (C=O) groups is 1. The van der Waals surface area contributed by atoms with Crippen LogP contribution in [0, 0.1) is 0 Å². The number of methoxy groups -OCH3 is 1. The Morgan fingerprint density at radius 1 is 1.19 bits per heavy atom. The lowest BCUT2D eigenvalue weighted by Gasteiger charge is -2.19. The third kappa shape index (κ3) is 4.82. The molecule has 2 aromatic carbocycles. The van der Waals surface area contributed by atoms with Crippen molar-refractivity contribution in [3.63, 3.8) is 0 Å². The van der Waals surface area contributed by atoms with E-state index in [0.717, 1.165) is 0 Å². The van der Waals surface area contributed by atoms with Crippen LogP contribution in [0.5, 0.6) is 5.75 Å². The van der Waals surface area contributed by atoms with Gasteiger partial charge < -0.3 is 10.1 Å². The lowest BCUT2D eigenvalue weighted by atomic mass is 10.2. The van der Waals surface area contributed by atoms with Gasteiger partial charge in [-0.05, 0) is 52.3 Å². The van der Waals surface area contributed by atoms with E-state index in [0.29, 0.717) is 34.6 Å². The molecule has 9 heteroatoms. The number of benzene rings is 2. The predicted octanol–water partition coefficient (Wildman–Crippen LogP) is 4.39. The molecule has 146 valence electrons. The van der Waals surface area contributed by atoms with E-state index in [-0.39, 0.29) is 15.8 Å². The highest BCUT2D eigenvalue weighted by molar-refractivity contribution is 9.10. The molecule has 0 radical (unpaired) electrons. The van der Waals surface area contributed by atoms with Crippen LogP contribution in [0.2, 0.25) is 5.02 Å². The molecule has 0 atom stereocenters. The Bertz CT molecular complexity index is 946. The number of carbonyl (C=O) groups excluding carboxylic acids is 1. The summed E-state index contributed by atoms with van der Waals surface area (Å²) in [7, 11) is -2.21. The molecule has 0 bridgehead atoms. The maximum Gasteiger partial charge on any atom is 0.255 e. The van der Waals surface area contributed by atoms with Gasteiger partial charge in [0.2, 0.25) is 10.0 Å². The van der Waals surface area contributed by atoms with Gasteiger partial charge in [0.15, 0.2) is 0 Å². The number of rotatable bonds is 7. The number of anilines is 1. The fourth-order valence-corrected chi connectivity index (χ4v) is 4.99. The van der Waals surface area contributed by atoms with Crippen LogP contribution >= 0.6 is 27.5 Å². The van der Waals surface area contributed by atoms with Crippen molar-refractivity contribution in [2.75, 3.05) is 25.5 Å². The van der Waals surface area contributed by atoms with Gasteiger partial charge in [0.1, 0.15) is 10.6 Å². The van der Waals surface area contributed by atoms with Crippen LogP contribution in [0.15, 0.2) is 45.8 Å². The van der Waals surface area contributed by atoms with Gasteiger partial charge in [-0.15, -0.1) is 0 Å². The SMILES string of the molecule is CCN(CC)S(=O)(=O)c1cc(NC(=O)c2ccc(OC)c(Br)c2)ccc1Cl. The molecular weight excluding hydrogens is 456 g/mol. The van der Waals surface area contributed by atoms with E-state index < -0.39 is 10.0 Å². The summed E-state index contributed by atoms with van der Waals surface area (Å²) >= 11 is 9.44. The molecular formula is C18H20BrClN2O4S. The van der Waals surface area contributed by atoms with E-state index >= 15 is 0 Å². The van der Waals surface area contributed by atoms with Gasteiger partial charge in [0, 0.05) is 24.3 Å². The van der Waals surface area contributed by atoms with Gasteiger partial charge in [-0.2, -0.15) is 4.31 Å².